The van der Waals surface area contributed by atoms with Crippen molar-refractivity contribution in [2.75, 3.05) is 0 Å². The highest BCUT2D eigenvalue weighted by Gasteiger charge is 2.39. The fraction of sp³-hybridized carbons (Fsp3) is 0. The van der Waals surface area contributed by atoms with Crippen LogP contribution in [-0.4, -0.2) is 21.8 Å². The Labute approximate surface area is 263 Å². The predicted octanol–water partition coefficient (Wildman–Crippen LogP) is 7.97. The summed E-state index contributed by atoms with van der Waals surface area (Å²) in [7, 11) is -5.31. The number of fused-ring (bicyclic) bond motifs is 6. The molecule has 0 saturated carbocycles. The van der Waals surface area contributed by atoms with Crippen LogP contribution < -0.4 is 15.1 Å². The quantitative estimate of drug-likeness (QED) is 0.0796. The summed E-state index contributed by atoms with van der Waals surface area (Å²) in [5.41, 5.74) is 2.37. The van der Waals surface area contributed by atoms with Gasteiger partial charge in [0.15, 0.2) is 17.1 Å². The van der Waals surface area contributed by atoms with Crippen LogP contribution in [0.2, 0.25) is 0 Å². The van der Waals surface area contributed by atoms with Crippen LogP contribution in [0.5, 0.6) is 17.2 Å². The first-order valence-corrected chi connectivity index (χ1v) is 16.8. The standard InChI is InChI=1S/C18H13O4P.C12H8O2P.C6H4O2/c19-12-9-10-15(20)18(11-12)23(21)17-8-4-2-6-14(17)13-5-1-3-7-16(13)22-23;13-15-12-8-4-2-6-10(12)9-5-1-3-7-11(9)14-15;7-5-1-2-6(8)4-3-5/h1-11,19-20H;1-8H;1-4H/q;+1;. The maximum Gasteiger partial charge on any atom is 0.597 e. The molecular formula is C36H25O8P2+. The summed E-state index contributed by atoms with van der Waals surface area (Å²) in [5, 5.41) is 23.3. The summed E-state index contributed by atoms with van der Waals surface area (Å²) < 4.78 is 36.7. The number of hydrogen-bond donors (Lipinski definition) is 2. The van der Waals surface area contributed by atoms with Gasteiger partial charge in [0.05, 0.1) is 10.6 Å². The summed E-state index contributed by atoms with van der Waals surface area (Å²) in [4.78, 5) is 20.6. The fourth-order valence-electron chi connectivity index (χ4n) is 5.05. The average molecular weight is 648 g/mol. The Hall–Kier alpha value is -5.55. The van der Waals surface area contributed by atoms with Crippen LogP contribution in [0.3, 0.4) is 0 Å². The van der Waals surface area contributed by atoms with Gasteiger partial charge in [0.25, 0.3) is 0 Å². The third kappa shape index (κ3) is 6.04. The summed E-state index contributed by atoms with van der Waals surface area (Å²) in [6, 6.07) is 33.9. The number of allylic oxidation sites excluding steroid dienone is 4. The van der Waals surface area contributed by atoms with Crippen LogP contribution in [0.25, 0.3) is 32.6 Å². The molecular weight excluding hydrogens is 622 g/mol. The van der Waals surface area contributed by atoms with Gasteiger partial charge in [-0.2, -0.15) is 0 Å². The molecule has 1 aliphatic carbocycles. The predicted molar refractivity (Wildman–Crippen MR) is 179 cm³/mol. The average Bonchev–Trinajstić information content (AvgIpc) is 3.08. The fourth-order valence-corrected chi connectivity index (χ4v) is 8.45. The van der Waals surface area contributed by atoms with Crippen molar-refractivity contribution < 1.29 is 37.7 Å². The number of aromatic hydroxyl groups is 2. The number of hydrogen-bond acceptors (Lipinski definition) is 8. The van der Waals surface area contributed by atoms with Crippen molar-refractivity contribution in [3.05, 3.63) is 140 Å². The van der Waals surface area contributed by atoms with E-state index in [4.69, 9.17) is 8.72 Å². The van der Waals surface area contributed by atoms with Crippen molar-refractivity contribution in [1.29, 1.82) is 0 Å². The Morgan fingerprint density at radius 1 is 0.609 bits per heavy atom. The Balaban J connectivity index is 0.000000138. The van der Waals surface area contributed by atoms with Crippen molar-refractivity contribution >= 4 is 58.7 Å². The van der Waals surface area contributed by atoms with Crippen molar-refractivity contribution in [2.24, 2.45) is 0 Å². The smallest absolute Gasteiger partial charge is 0.508 e. The van der Waals surface area contributed by atoms with Crippen molar-refractivity contribution in [3.63, 3.8) is 0 Å². The van der Waals surface area contributed by atoms with Gasteiger partial charge in [0.1, 0.15) is 17.2 Å². The highest BCUT2D eigenvalue weighted by atomic mass is 31.2. The van der Waals surface area contributed by atoms with Gasteiger partial charge in [-0.3, -0.25) is 14.2 Å². The van der Waals surface area contributed by atoms with Gasteiger partial charge in [-0.25, -0.2) is 4.20 Å². The largest absolute Gasteiger partial charge is 0.597 e. The minimum atomic E-state index is -3.56. The minimum Gasteiger partial charge on any atom is -0.508 e. The van der Waals surface area contributed by atoms with Crippen LogP contribution in [0.1, 0.15) is 0 Å². The number of carbonyl (C=O) groups is 2. The van der Waals surface area contributed by atoms with E-state index in [1.165, 1.54) is 42.5 Å². The summed E-state index contributed by atoms with van der Waals surface area (Å²) in [6.07, 6.45) is 5.01. The van der Waals surface area contributed by atoms with E-state index in [1.54, 1.807) is 24.3 Å². The molecule has 2 N–H and O–H groups in total. The molecule has 6 aromatic rings. The molecule has 46 heavy (non-hydrogen) atoms. The number of para-hydroxylation sites is 2. The second-order valence-electron chi connectivity index (χ2n) is 10.2. The van der Waals surface area contributed by atoms with Gasteiger partial charge in [-0.05, 0) is 83.0 Å². The first-order chi connectivity index (χ1) is 22.2. The molecule has 10 heteroatoms. The van der Waals surface area contributed by atoms with E-state index in [9.17, 15) is 28.9 Å². The Bertz CT molecular complexity index is 2280. The Kier molecular flexibility index (Phi) is 8.49. The van der Waals surface area contributed by atoms with Crippen molar-refractivity contribution in [3.8, 4) is 28.4 Å². The number of phenolic OH excluding ortho intramolecular Hbond substituents is 2. The van der Waals surface area contributed by atoms with Crippen molar-refractivity contribution in [2.45, 2.75) is 0 Å². The van der Waals surface area contributed by atoms with Crippen LogP contribution in [0, 0.1) is 0 Å². The maximum atomic E-state index is 13.7. The number of phenols is 2. The molecule has 0 spiro atoms. The van der Waals surface area contributed by atoms with Gasteiger partial charge in [-0.1, -0.05) is 66.7 Å². The van der Waals surface area contributed by atoms with Gasteiger partial charge >= 0.3 is 15.0 Å². The molecule has 0 fully saturated rings. The van der Waals surface area contributed by atoms with E-state index >= 15 is 0 Å². The van der Waals surface area contributed by atoms with Crippen LogP contribution in [-0.2, 0) is 18.7 Å². The van der Waals surface area contributed by atoms with Crippen LogP contribution >= 0.6 is 15.0 Å². The Morgan fingerprint density at radius 3 is 1.93 bits per heavy atom. The molecule has 5 aromatic carbocycles. The molecule has 2 atom stereocenters. The first-order valence-electron chi connectivity index (χ1n) is 14.0. The van der Waals surface area contributed by atoms with Crippen molar-refractivity contribution in [1.82, 2.24) is 0 Å². The highest BCUT2D eigenvalue weighted by Crippen LogP contribution is 2.55. The SMILES string of the molecule is O=C1C=CC(=O)C=C1.O=P1(c2cc(O)ccc2O)Oc2ccccc2-c2ccccc21.O=[p+]1oc2ccccc2c2ccccc21. The van der Waals surface area contributed by atoms with Gasteiger partial charge in [-0.15, -0.1) is 0 Å². The van der Waals surface area contributed by atoms with Gasteiger partial charge in [0, 0.05) is 16.3 Å². The number of ketones is 2. The zero-order valence-corrected chi connectivity index (χ0v) is 25.8. The number of carbonyl (C=O) groups excluding carboxylic acids is 2. The monoisotopic (exact) mass is 647 g/mol. The molecule has 2 heterocycles. The third-order valence-electron chi connectivity index (χ3n) is 7.18. The molecule has 0 amide bonds. The molecule has 8 nitrogen and oxygen atoms in total. The normalized spacial score (nSPS) is 16.3. The summed E-state index contributed by atoms with van der Waals surface area (Å²) in [5.74, 6) is 0.0137. The zero-order chi connectivity index (χ0) is 32.3. The summed E-state index contributed by atoms with van der Waals surface area (Å²) in [6.45, 7) is 0. The lowest BCUT2D eigenvalue weighted by atomic mass is 10.0. The van der Waals surface area contributed by atoms with E-state index in [-0.39, 0.29) is 28.4 Å². The minimum absolute atomic E-state index is 0.0760. The molecule has 8 rings (SSSR count). The van der Waals surface area contributed by atoms with Crippen LogP contribution in [0.15, 0.2) is 144 Å². The topological polar surface area (TPSA) is 131 Å². The molecule has 0 radical (unpaired) electrons. The lowest BCUT2D eigenvalue weighted by molar-refractivity contribution is -0.113. The second-order valence-corrected chi connectivity index (χ2v) is 13.6. The van der Waals surface area contributed by atoms with Crippen LogP contribution in [0.4, 0.5) is 0 Å². The zero-order valence-electron chi connectivity index (χ0n) is 24.0. The number of rotatable bonds is 1. The lowest BCUT2D eigenvalue weighted by Gasteiger charge is -2.29. The van der Waals surface area contributed by atoms with E-state index in [0.717, 1.165) is 27.0 Å². The Morgan fingerprint density at radius 2 is 1.20 bits per heavy atom. The van der Waals surface area contributed by atoms with E-state index in [2.05, 4.69) is 0 Å². The molecule has 1 aliphatic heterocycles. The third-order valence-corrected chi connectivity index (χ3v) is 10.8. The van der Waals surface area contributed by atoms with E-state index in [0.29, 0.717) is 16.6 Å². The van der Waals surface area contributed by atoms with E-state index in [1.807, 2.05) is 72.8 Å². The van der Waals surface area contributed by atoms with Gasteiger partial charge in [0.2, 0.25) is 5.12 Å². The van der Waals surface area contributed by atoms with E-state index < -0.39 is 15.0 Å². The summed E-state index contributed by atoms with van der Waals surface area (Å²) >= 11 is 0. The molecule has 1 aromatic heterocycles. The lowest BCUT2D eigenvalue weighted by Crippen LogP contribution is -2.25. The molecule has 226 valence electrons. The first kappa shape index (κ1) is 30.5. The van der Waals surface area contributed by atoms with Gasteiger partial charge < -0.3 is 14.7 Å². The molecule has 0 bridgehead atoms. The molecule has 0 saturated heterocycles. The highest BCUT2D eigenvalue weighted by molar-refractivity contribution is 7.75. The molecule has 2 unspecified atom stereocenters. The number of benzene rings is 5. The second kappa shape index (κ2) is 12.8. The maximum absolute atomic E-state index is 13.7. The molecule has 2 aliphatic rings.